The van der Waals surface area contributed by atoms with Crippen LogP contribution in [0.4, 0.5) is 13.2 Å². The maximum absolute atomic E-state index is 13.1. The molecule has 22 heavy (non-hydrogen) atoms. The van der Waals surface area contributed by atoms with Crippen molar-refractivity contribution < 1.29 is 13.2 Å². The molecule has 0 aliphatic rings. The third-order valence-corrected chi connectivity index (χ3v) is 3.57. The fourth-order valence-corrected chi connectivity index (χ4v) is 2.46. The first-order chi connectivity index (χ1) is 10.5. The van der Waals surface area contributed by atoms with E-state index in [9.17, 15) is 13.2 Å². The largest absolute Gasteiger partial charge is 0.418 e. The fraction of sp³-hybridized carbons (Fsp3) is 0.118. The van der Waals surface area contributed by atoms with Gasteiger partial charge in [0.25, 0.3) is 0 Å². The molecule has 1 heterocycles. The lowest BCUT2D eigenvalue weighted by Crippen LogP contribution is -2.20. The lowest BCUT2D eigenvalue weighted by Gasteiger charge is -2.17. The number of nitrogens with zero attached hydrogens (tertiary/aromatic N) is 1. The van der Waals surface area contributed by atoms with Crippen molar-refractivity contribution in [3.05, 3.63) is 77.6 Å². The normalized spacial score (nSPS) is 13.3. The predicted molar refractivity (Wildman–Crippen MR) is 79.2 cm³/mol. The highest BCUT2D eigenvalue weighted by molar-refractivity contribution is 5.83. The van der Waals surface area contributed by atoms with Gasteiger partial charge in [0.15, 0.2) is 0 Å². The van der Waals surface area contributed by atoms with Crippen LogP contribution in [0.25, 0.3) is 10.8 Å². The number of hydrogen-bond acceptors (Lipinski definition) is 2. The van der Waals surface area contributed by atoms with Crippen LogP contribution in [0.3, 0.4) is 0 Å². The quantitative estimate of drug-likeness (QED) is 0.766. The molecule has 3 aromatic rings. The monoisotopic (exact) mass is 302 g/mol. The van der Waals surface area contributed by atoms with Crippen LogP contribution in [0.5, 0.6) is 0 Å². The molecular formula is C17H13F3N2. The van der Waals surface area contributed by atoms with E-state index in [1.54, 1.807) is 12.1 Å². The predicted octanol–water partition coefficient (Wildman–Crippen LogP) is 4.30. The van der Waals surface area contributed by atoms with Crippen LogP contribution in [-0.2, 0) is 6.18 Å². The molecule has 1 unspecified atom stereocenters. The fourth-order valence-electron chi connectivity index (χ4n) is 2.46. The molecule has 2 nitrogen and oxygen atoms in total. The third-order valence-electron chi connectivity index (χ3n) is 3.57. The summed E-state index contributed by atoms with van der Waals surface area (Å²) in [5.41, 5.74) is 5.68. The minimum atomic E-state index is -4.47. The Morgan fingerprint density at radius 1 is 0.909 bits per heavy atom. The molecule has 5 heteroatoms. The van der Waals surface area contributed by atoms with Gasteiger partial charge in [-0.25, -0.2) is 0 Å². The molecule has 0 spiro atoms. The molecule has 0 radical (unpaired) electrons. The van der Waals surface area contributed by atoms with Gasteiger partial charge in [-0.2, -0.15) is 13.2 Å². The van der Waals surface area contributed by atoms with Crippen molar-refractivity contribution in [2.45, 2.75) is 12.2 Å². The molecule has 0 aliphatic heterocycles. The Balaban J connectivity index is 2.08. The molecule has 0 fully saturated rings. The van der Waals surface area contributed by atoms with E-state index in [4.69, 9.17) is 5.73 Å². The van der Waals surface area contributed by atoms with E-state index >= 15 is 0 Å². The zero-order chi connectivity index (χ0) is 15.7. The van der Waals surface area contributed by atoms with Crippen LogP contribution < -0.4 is 5.73 Å². The lowest BCUT2D eigenvalue weighted by molar-refractivity contribution is -0.138. The highest BCUT2D eigenvalue weighted by Crippen LogP contribution is 2.34. The molecule has 0 aliphatic carbocycles. The van der Waals surface area contributed by atoms with Gasteiger partial charge in [-0.15, -0.1) is 0 Å². The van der Waals surface area contributed by atoms with Crippen LogP contribution in [0, 0.1) is 0 Å². The first-order valence-corrected chi connectivity index (χ1v) is 6.73. The van der Waals surface area contributed by atoms with Gasteiger partial charge in [-0.3, -0.25) is 4.98 Å². The van der Waals surface area contributed by atoms with Gasteiger partial charge in [0.05, 0.1) is 17.3 Å². The molecule has 2 aromatic carbocycles. The molecule has 0 bridgehead atoms. The van der Waals surface area contributed by atoms with Crippen LogP contribution in [0.1, 0.15) is 22.9 Å². The molecule has 1 atom stereocenters. The summed E-state index contributed by atoms with van der Waals surface area (Å²) in [5.74, 6) is 0. The van der Waals surface area contributed by atoms with Crippen LogP contribution >= 0.6 is 0 Å². The summed E-state index contributed by atoms with van der Waals surface area (Å²) in [4.78, 5) is 3.86. The number of nitrogens with two attached hydrogens (primary N) is 1. The van der Waals surface area contributed by atoms with Crippen LogP contribution in [0.2, 0.25) is 0 Å². The molecule has 2 N–H and O–H groups in total. The van der Waals surface area contributed by atoms with Gasteiger partial charge >= 0.3 is 6.18 Å². The second-order valence-electron chi connectivity index (χ2n) is 5.02. The van der Waals surface area contributed by atoms with Gasteiger partial charge in [0.2, 0.25) is 0 Å². The summed E-state index contributed by atoms with van der Waals surface area (Å²) in [6, 6.07) is 14.3. The van der Waals surface area contributed by atoms with Crippen molar-refractivity contribution in [1.29, 1.82) is 0 Å². The highest BCUT2D eigenvalue weighted by atomic mass is 19.4. The Kier molecular flexibility index (Phi) is 3.58. The minimum Gasteiger partial charge on any atom is -0.319 e. The highest BCUT2D eigenvalue weighted by Gasteiger charge is 2.35. The van der Waals surface area contributed by atoms with Gasteiger partial charge in [0.1, 0.15) is 0 Å². The molecule has 112 valence electrons. The number of benzene rings is 2. The van der Waals surface area contributed by atoms with E-state index in [1.165, 1.54) is 12.3 Å². The number of fused-ring (bicyclic) bond motifs is 1. The van der Waals surface area contributed by atoms with E-state index in [0.717, 1.165) is 16.8 Å². The number of alkyl halides is 3. The Hall–Kier alpha value is -2.40. The summed E-state index contributed by atoms with van der Waals surface area (Å²) >= 11 is 0. The Morgan fingerprint density at radius 2 is 1.64 bits per heavy atom. The van der Waals surface area contributed by atoms with E-state index in [1.807, 2.05) is 30.3 Å². The second kappa shape index (κ2) is 5.42. The van der Waals surface area contributed by atoms with Crippen LogP contribution in [-0.4, -0.2) is 4.98 Å². The van der Waals surface area contributed by atoms with Crippen molar-refractivity contribution >= 4 is 10.8 Å². The van der Waals surface area contributed by atoms with Gasteiger partial charge in [-0.1, -0.05) is 36.4 Å². The van der Waals surface area contributed by atoms with E-state index in [-0.39, 0.29) is 5.69 Å². The first-order valence-electron chi connectivity index (χ1n) is 6.73. The molecule has 1 aromatic heterocycles. The van der Waals surface area contributed by atoms with E-state index in [2.05, 4.69) is 4.98 Å². The second-order valence-corrected chi connectivity index (χ2v) is 5.02. The molecule has 0 saturated carbocycles. The summed E-state index contributed by atoms with van der Waals surface area (Å²) in [6.45, 7) is 0. The molecular weight excluding hydrogens is 289 g/mol. The van der Waals surface area contributed by atoms with Gasteiger partial charge < -0.3 is 5.73 Å². The summed E-state index contributed by atoms with van der Waals surface area (Å²) in [5, 5.41) is 1.94. The molecule has 0 saturated heterocycles. The molecule has 0 amide bonds. The standard InChI is InChI=1S/C17H13F3N2/c18-17(19,20)14-6-3-9-22-16(14)15(21)13-8-7-11-4-1-2-5-12(11)10-13/h1-10,15H,21H2. The molecule has 3 rings (SSSR count). The summed E-state index contributed by atoms with van der Waals surface area (Å²) in [6.07, 6.45) is -3.15. The van der Waals surface area contributed by atoms with Crippen LogP contribution in [0.15, 0.2) is 60.8 Å². The zero-order valence-corrected chi connectivity index (χ0v) is 11.5. The maximum Gasteiger partial charge on any atom is 0.418 e. The average molecular weight is 302 g/mol. The topological polar surface area (TPSA) is 38.9 Å². The summed E-state index contributed by atoms with van der Waals surface area (Å²) in [7, 11) is 0. The minimum absolute atomic E-state index is 0.162. The van der Waals surface area contributed by atoms with E-state index < -0.39 is 17.8 Å². The van der Waals surface area contributed by atoms with Crippen molar-refractivity contribution in [3.63, 3.8) is 0 Å². The number of aromatic nitrogens is 1. The first kappa shape index (κ1) is 14.5. The Morgan fingerprint density at radius 3 is 2.36 bits per heavy atom. The van der Waals surface area contributed by atoms with Crippen molar-refractivity contribution in [3.8, 4) is 0 Å². The van der Waals surface area contributed by atoms with Gasteiger partial charge in [0, 0.05) is 6.20 Å². The van der Waals surface area contributed by atoms with Crippen molar-refractivity contribution in [2.24, 2.45) is 5.73 Å². The lowest BCUT2D eigenvalue weighted by atomic mass is 9.97. The summed E-state index contributed by atoms with van der Waals surface area (Å²) < 4.78 is 39.2. The Labute approximate surface area is 125 Å². The maximum atomic E-state index is 13.1. The average Bonchev–Trinajstić information content (AvgIpc) is 2.53. The van der Waals surface area contributed by atoms with Crippen molar-refractivity contribution in [1.82, 2.24) is 4.98 Å². The number of halogens is 3. The number of rotatable bonds is 2. The number of hydrogen-bond donors (Lipinski definition) is 1. The van der Waals surface area contributed by atoms with Crippen molar-refractivity contribution in [2.75, 3.05) is 0 Å². The third kappa shape index (κ3) is 2.67. The zero-order valence-electron chi connectivity index (χ0n) is 11.5. The smallest absolute Gasteiger partial charge is 0.319 e. The van der Waals surface area contributed by atoms with Gasteiger partial charge in [-0.05, 0) is 34.5 Å². The Bertz CT molecular complexity index is 812. The SMILES string of the molecule is NC(c1ccc2ccccc2c1)c1ncccc1C(F)(F)F. The number of pyridine rings is 1. The van der Waals surface area contributed by atoms with E-state index in [0.29, 0.717) is 5.56 Å².